The lowest BCUT2D eigenvalue weighted by molar-refractivity contribution is -0.137. The van der Waals surface area contributed by atoms with Gasteiger partial charge in [0, 0.05) is 23.1 Å². The quantitative estimate of drug-likeness (QED) is 0.247. The van der Waals surface area contributed by atoms with Gasteiger partial charge in [-0.2, -0.15) is 5.26 Å². The second-order valence-corrected chi connectivity index (χ2v) is 12.3. The Hall–Kier alpha value is -2.10. The summed E-state index contributed by atoms with van der Waals surface area (Å²) < 4.78 is 0. The minimum Gasteiger partial charge on any atom is -0.392 e. The van der Waals surface area contributed by atoms with E-state index < -0.39 is 23.4 Å². The van der Waals surface area contributed by atoms with Crippen LogP contribution in [0.2, 0.25) is 0 Å². The van der Waals surface area contributed by atoms with E-state index in [4.69, 9.17) is 0 Å². The maximum atomic E-state index is 13.2. The highest BCUT2D eigenvalue weighted by Crippen LogP contribution is 2.35. The number of thiazole rings is 1. The van der Waals surface area contributed by atoms with Crippen molar-refractivity contribution < 1.29 is 14.7 Å². The molecule has 0 fully saturated rings. The van der Waals surface area contributed by atoms with Crippen molar-refractivity contribution in [1.82, 2.24) is 4.98 Å². The van der Waals surface area contributed by atoms with E-state index >= 15 is 0 Å². The number of hydrogen-bond acceptors (Lipinski definition) is 6. The maximum Gasteiger partial charge on any atom is 0.145 e. The number of aryl methyl sites for hydroxylation is 1. The van der Waals surface area contributed by atoms with Crippen LogP contribution in [-0.2, 0) is 9.59 Å². The van der Waals surface area contributed by atoms with Crippen LogP contribution >= 0.6 is 11.3 Å². The third-order valence-electron chi connectivity index (χ3n) is 7.50. The van der Waals surface area contributed by atoms with Crippen LogP contribution in [0.15, 0.2) is 22.6 Å². The van der Waals surface area contributed by atoms with Gasteiger partial charge in [0.15, 0.2) is 0 Å². The number of carbonyl (C=O) groups excluding carboxylic acids is 2. The highest BCUT2D eigenvalue weighted by molar-refractivity contribution is 7.09. The number of carbonyl (C=O) groups is 2. The Balaban J connectivity index is 2.58. The van der Waals surface area contributed by atoms with Crippen LogP contribution in [0.1, 0.15) is 98.2 Å². The zero-order valence-electron chi connectivity index (χ0n) is 23.7. The molecule has 6 heteroatoms. The number of ketones is 2. The minimum atomic E-state index is -0.985. The highest BCUT2D eigenvalue weighted by atomic mass is 32.1. The van der Waals surface area contributed by atoms with E-state index in [-0.39, 0.29) is 23.9 Å². The molecule has 0 aromatic carbocycles. The lowest BCUT2D eigenvalue weighted by Gasteiger charge is -2.33. The van der Waals surface area contributed by atoms with Gasteiger partial charge in [0.1, 0.15) is 11.6 Å². The summed E-state index contributed by atoms with van der Waals surface area (Å²) in [6.45, 7) is 17.2. The lowest BCUT2D eigenvalue weighted by atomic mass is 9.69. The summed E-state index contributed by atoms with van der Waals surface area (Å²) in [6.07, 6.45) is 7.45. The molecule has 0 bridgehead atoms. The van der Waals surface area contributed by atoms with Crippen LogP contribution in [0.5, 0.6) is 0 Å². The molecule has 36 heavy (non-hydrogen) atoms. The summed E-state index contributed by atoms with van der Waals surface area (Å²) in [5.74, 6) is -1.14. The van der Waals surface area contributed by atoms with Crippen LogP contribution in [-0.4, -0.2) is 27.8 Å². The van der Waals surface area contributed by atoms with Crippen LogP contribution in [0.3, 0.4) is 0 Å². The number of rotatable bonds is 15. The average molecular weight is 515 g/mol. The molecule has 0 saturated carbocycles. The van der Waals surface area contributed by atoms with Crippen molar-refractivity contribution in [3.05, 3.63) is 33.3 Å². The van der Waals surface area contributed by atoms with Crippen LogP contribution in [0.4, 0.5) is 0 Å². The second-order valence-electron chi connectivity index (χ2n) is 11.2. The molecule has 0 radical (unpaired) electrons. The van der Waals surface area contributed by atoms with Crippen LogP contribution in [0, 0.1) is 47.3 Å². The number of aliphatic hydroxyl groups is 1. The van der Waals surface area contributed by atoms with Gasteiger partial charge in [0.2, 0.25) is 0 Å². The molecule has 1 aromatic heterocycles. The first-order valence-electron chi connectivity index (χ1n) is 13.1. The topological polar surface area (TPSA) is 91.0 Å². The SMILES string of the molecule is CC(=O)C[C@H](C#N)C(C)(C)C(=O)C(C)[C@@H](O)C(C)CCC/C(C)=C\C[C@H](C)/C(C)=C/c1csc(C)n1. The first kappa shape index (κ1) is 31.9. The van der Waals surface area contributed by atoms with E-state index in [0.29, 0.717) is 5.92 Å². The van der Waals surface area contributed by atoms with Gasteiger partial charge in [0.05, 0.1) is 28.8 Å². The Bertz CT molecular complexity index is 983. The van der Waals surface area contributed by atoms with E-state index in [0.717, 1.165) is 36.4 Å². The van der Waals surface area contributed by atoms with Gasteiger partial charge in [0.25, 0.3) is 0 Å². The van der Waals surface area contributed by atoms with E-state index in [2.05, 4.69) is 49.4 Å². The predicted octanol–water partition coefficient (Wildman–Crippen LogP) is 7.34. The fraction of sp³-hybridized carbons (Fsp3) is 0.667. The van der Waals surface area contributed by atoms with Gasteiger partial charge in [-0.15, -0.1) is 11.3 Å². The summed E-state index contributed by atoms with van der Waals surface area (Å²) in [4.78, 5) is 29.2. The number of hydrogen-bond donors (Lipinski definition) is 1. The number of aromatic nitrogens is 1. The number of nitriles is 1. The Kier molecular flexibility index (Phi) is 12.9. The van der Waals surface area contributed by atoms with E-state index in [1.165, 1.54) is 18.1 Å². The van der Waals surface area contributed by atoms with Gasteiger partial charge in [-0.25, -0.2) is 4.98 Å². The molecule has 0 amide bonds. The zero-order chi connectivity index (χ0) is 27.6. The summed E-state index contributed by atoms with van der Waals surface area (Å²) in [5.41, 5.74) is 2.71. The Labute approximate surface area is 222 Å². The molecule has 0 saturated heterocycles. The molecular weight excluding hydrogens is 468 g/mol. The molecule has 0 aliphatic carbocycles. The minimum absolute atomic E-state index is 0.0356. The summed E-state index contributed by atoms with van der Waals surface area (Å²) in [7, 11) is 0. The third kappa shape index (κ3) is 9.75. The van der Waals surface area contributed by atoms with Crippen molar-refractivity contribution >= 4 is 29.0 Å². The zero-order valence-corrected chi connectivity index (χ0v) is 24.5. The van der Waals surface area contributed by atoms with E-state index in [9.17, 15) is 20.0 Å². The number of nitrogens with zero attached hydrogens (tertiary/aromatic N) is 2. The summed E-state index contributed by atoms with van der Waals surface area (Å²) >= 11 is 1.67. The van der Waals surface area contributed by atoms with Gasteiger partial charge < -0.3 is 5.11 Å². The molecule has 0 spiro atoms. The van der Waals surface area contributed by atoms with Crippen molar-refractivity contribution in [3.63, 3.8) is 0 Å². The van der Waals surface area contributed by atoms with Crippen molar-refractivity contribution in [3.8, 4) is 6.07 Å². The van der Waals surface area contributed by atoms with Crippen molar-refractivity contribution in [2.75, 3.05) is 0 Å². The molecule has 0 aliphatic rings. The van der Waals surface area contributed by atoms with Crippen molar-refractivity contribution in [2.45, 2.75) is 101 Å². The van der Waals surface area contributed by atoms with E-state index in [1.807, 2.05) is 13.8 Å². The standard InChI is InChI=1S/C30H46N2O3S/c1-19(13-14-20(2)22(4)15-27-18-36-25(7)32-27)11-10-12-21(3)28(34)24(6)29(35)30(8,9)26(17-31)16-23(5)33/h13,15,18,20-21,24,26,28,34H,10-12,14,16H2,1-9H3/b19-13-,22-15+/t20-,21?,24?,26+,28-/m0/s1. The molecule has 5 nitrogen and oxygen atoms in total. The first-order valence-corrected chi connectivity index (χ1v) is 14.0. The molecular formula is C30H46N2O3S. The highest BCUT2D eigenvalue weighted by Gasteiger charge is 2.42. The van der Waals surface area contributed by atoms with Gasteiger partial charge in [-0.05, 0) is 71.3 Å². The summed E-state index contributed by atoms with van der Waals surface area (Å²) in [5, 5.41) is 23.6. The third-order valence-corrected chi connectivity index (χ3v) is 8.29. The molecule has 1 aromatic rings. The Morgan fingerprint density at radius 2 is 1.86 bits per heavy atom. The summed E-state index contributed by atoms with van der Waals surface area (Å²) in [6, 6.07) is 2.13. The Morgan fingerprint density at radius 3 is 2.39 bits per heavy atom. The van der Waals surface area contributed by atoms with Crippen LogP contribution < -0.4 is 0 Å². The molecule has 1 rings (SSSR count). The smallest absolute Gasteiger partial charge is 0.145 e. The first-order chi connectivity index (χ1) is 16.7. The van der Waals surface area contributed by atoms with Crippen molar-refractivity contribution in [2.24, 2.45) is 29.1 Å². The van der Waals surface area contributed by atoms with Gasteiger partial charge in [-0.3, -0.25) is 9.59 Å². The molecule has 1 N–H and O–H groups in total. The van der Waals surface area contributed by atoms with Gasteiger partial charge >= 0.3 is 0 Å². The number of aliphatic hydroxyl groups excluding tert-OH is 1. The number of Topliss-reactive ketones (excluding diaryl/α,β-unsaturated/α-hetero) is 2. The van der Waals surface area contributed by atoms with E-state index in [1.54, 1.807) is 32.1 Å². The number of allylic oxidation sites excluding steroid dienone is 3. The molecule has 2 unspecified atom stereocenters. The largest absolute Gasteiger partial charge is 0.392 e. The normalized spacial score (nSPS) is 17.1. The monoisotopic (exact) mass is 514 g/mol. The molecule has 0 aliphatic heterocycles. The molecule has 1 heterocycles. The molecule has 200 valence electrons. The predicted molar refractivity (Wildman–Crippen MR) is 149 cm³/mol. The Morgan fingerprint density at radius 1 is 1.22 bits per heavy atom. The van der Waals surface area contributed by atoms with Crippen molar-refractivity contribution in [1.29, 1.82) is 5.26 Å². The second kappa shape index (κ2) is 14.6. The maximum absolute atomic E-state index is 13.2. The fourth-order valence-electron chi connectivity index (χ4n) is 4.52. The fourth-order valence-corrected chi connectivity index (χ4v) is 5.09. The van der Waals surface area contributed by atoms with Gasteiger partial charge in [-0.1, -0.05) is 51.8 Å². The molecule has 5 atom stereocenters. The average Bonchev–Trinajstić information content (AvgIpc) is 3.23. The lowest BCUT2D eigenvalue weighted by Crippen LogP contribution is -2.42. The van der Waals surface area contributed by atoms with Crippen LogP contribution in [0.25, 0.3) is 6.08 Å².